The van der Waals surface area contributed by atoms with Crippen LogP contribution in [0.5, 0.6) is 0 Å². The van der Waals surface area contributed by atoms with Gasteiger partial charge in [0.15, 0.2) is 0 Å². The molecular formula is C9H13ClN2. The summed E-state index contributed by atoms with van der Waals surface area (Å²) in [5.74, 6) is 0.385. The molecule has 0 aliphatic heterocycles. The van der Waals surface area contributed by atoms with Crippen molar-refractivity contribution in [3.05, 3.63) is 29.0 Å². The Bertz CT molecular complexity index is 260. The molecule has 0 aliphatic rings. The zero-order valence-electron chi connectivity index (χ0n) is 7.29. The molecule has 66 valence electrons. The third-order valence-corrected chi connectivity index (χ3v) is 2.04. The minimum Gasteiger partial charge on any atom is -0.322 e. The van der Waals surface area contributed by atoms with Crippen LogP contribution in [0.25, 0.3) is 0 Å². The van der Waals surface area contributed by atoms with Crippen LogP contribution in [0.15, 0.2) is 18.3 Å². The predicted molar refractivity (Wildman–Crippen MR) is 51.0 cm³/mol. The Morgan fingerprint density at radius 1 is 1.50 bits per heavy atom. The molecule has 0 radical (unpaired) electrons. The molecule has 0 aromatic carbocycles. The highest BCUT2D eigenvalue weighted by atomic mass is 35.5. The lowest BCUT2D eigenvalue weighted by molar-refractivity contribution is 0.503. The standard InChI is InChI=1S/C9H13ClN2/c1-6(2)9(11)8-5-7(10)3-4-12-8/h3-6,9H,11H2,1-2H3. The fourth-order valence-corrected chi connectivity index (χ4v) is 1.11. The summed E-state index contributed by atoms with van der Waals surface area (Å²) < 4.78 is 0. The lowest BCUT2D eigenvalue weighted by atomic mass is 10.0. The molecule has 12 heavy (non-hydrogen) atoms. The van der Waals surface area contributed by atoms with Crippen LogP contribution in [0.1, 0.15) is 25.6 Å². The van der Waals surface area contributed by atoms with Crippen LogP contribution in [0.3, 0.4) is 0 Å². The van der Waals surface area contributed by atoms with Gasteiger partial charge in [0.25, 0.3) is 0 Å². The fourth-order valence-electron chi connectivity index (χ4n) is 0.945. The molecule has 0 amide bonds. The molecule has 1 heterocycles. The van der Waals surface area contributed by atoms with Crippen molar-refractivity contribution in [2.75, 3.05) is 0 Å². The third-order valence-electron chi connectivity index (χ3n) is 1.80. The number of hydrogen-bond donors (Lipinski definition) is 1. The monoisotopic (exact) mass is 184 g/mol. The molecule has 0 saturated heterocycles. The zero-order valence-corrected chi connectivity index (χ0v) is 8.05. The van der Waals surface area contributed by atoms with E-state index in [1.54, 1.807) is 12.3 Å². The molecule has 1 atom stereocenters. The number of hydrogen-bond acceptors (Lipinski definition) is 2. The van der Waals surface area contributed by atoms with Crippen molar-refractivity contribution in [3.8, 4) is 0 Å². The average Bonchev–Trinajstić information content (AvgIpc) is 2.03. The van der Waals surface area contributed by atoms with E-state index in [4.69, 9.17) is 17.3 Å². The van der Waals surface area contributed by atoms with Crippen molar-refractivity contribution in [2.45, 2.75) is 19.9 Å². The maximum absolute atomic E-state index is 5.89. The van der Waals surface area contributed by atoms with Gasteiger partial charge in [-0.05, 0) is 18.1 Å². The quantitative estimate of drug-likeness (QED) is 0.767. The van der Waals surface area contributed by atoms with Crippen LogP contribution in [-0.2, 0) is 0 Å². The number of nitrogens with two attached hydrogens (primary N) is 1. The fraction of sp³-hybridized carbons (Fsp3) is 0.444. The van der Waals surface area contributed by atoms with Gasteiger partial charge in [0.1, 0.15) is 0 Å². The van der Waals surface area contributed by atoms with E-state index in [1.165, 1.54) is 0 Å². The molecule has 1 aromatic rings. The van der Waals surface area contributed by atoms with E-state index in [2.05, 4.69) is 18.8 Å². The number of halogens is 1. The molecule has 0 spiro atoms. The average molecular weight is 185 g/mol. The molecule has 0 saturated carbocycles. The summed E-state index contributed by atoms with van der Waals surface area (Å²) in [6.45, 7) is 4.13. The second-order valence-electron chi connectivity index (χ2n) is 3.17. The Labute approximate surface area is 77.8 Å². The van der Waals surface area contributed by atoms with Crippen molar-refractivity contribution in [1.82, 2.24) is 4.98 Å². The largest absolute Gasteiger partial charge is 0.322 e. The van der Waals surface area contributed by atoms with Crippen LogP contribution >= 0.6 is 11.6 Å². The van der Waals surface area contributed by atoms with Crippen molar-refractivity contribution >= 4 is 11.6 Å². The summed E-state index contributed by atoms with van der Waals surface area (Å²) in [6, 6.07) is 3.54. The Morgan fingerprint density at radius 2 is 2.17 bits per heavy atom. The molecule has 1 aromatic heterocycles. The summed E-state index contributed by atoms with van der Waals surface area (Å²) in [4.78, 5) is 4.15. The zero-order chi connectivity index (χ0) is 9.14. The molecule has 2 N–H and O–H groups in total. The maximum Gasteiger partial charge on any atom is 0.0588 e. The minimum atomic E-state index is -0.0244. The highest BCUT2D eigenvalue weighted by molar-refractivity contribution is 6.30. The molecule has 1 unspecified atom stereocenters. The first kappa shape index (κ1) is 9.49. The first-order valence-corrected chi connectivity index (χ1v) is 4.36. The SMILES string of the molecule is CC(C)C(N)c1cc(Cl)ccn1. The molecule has 0 fully saturated rings. The van der Waals surface area contributed by atoms with Gasteiger partial charge in [-0.25, -0.2) is 0 Å². The molecule has 1 rings (SSSR count). The predicted octanol–water partition coefficient (Wildman–Crippen LogP) is 2.39. The summed E-state index contributed by atoms with van der Waals surface area (Å²) in [5, 5.41) is 0.691. The topological polar surface area (TPSA) is 38.9 Å². The first-order chi connectivity index (χ1) is 5.61. The summed E-state index contributed by atoms with van der Waals surface area (Å²) in [5.41, 5.74) is 6.74. The number of aromatic nitrogens is 1. The molecule has 2 nitrogen and oxygen atoms in total. The second kappa shape index (κ2) is 3.87. The van der Waals surface area contributed by atoms with Gasteiger partial charge >= 0.3 is 0 Å². The maximum atomic E-state index is 5.89. The van der Waals surface area contributed by atoms with Crippen molar-refractivity contribution < 1.29 is 0 Å². The Morgan fingerprint density at radius 3 is 2.67 bits per heavy atom. The van der Waals surface area contributed by atoms with Gasteiger partial charge < -0.3 is 5.73 Å². The van der Waals surface area contributed by atoms with E-state index in [9.17, 15) is 0 Å². The summed E-state index contributed by atoms with van der Waals surface area (Å²) >= 11 is 5.80. The van der Waals surface area contributed by atoms with Gasteiger partial charge in [-0.1, -0.05) is 25.4 Å². The van der Waals surface area contributed by atoms with Crippen LogP contribution in [0.4, 0.5) is 0 Å². The van der Waals surface area contributed by atoms with E-state index in [0.717, 1.165) is 5.69 Å². The van der Waals surface area contributed by atoms with E-state index in [1.807, 2.05) is 6.07 Å². The van der Waals surface area contributed by atoms with E-state index >= 15 is 0 Å². The highest BCUT2D eigenvalue weighted by Crippen LogP contribution is 2.18. The molecule has 0 bridgehead atoms. The van der Waals surface area contributed by atoms with Gasteiger partial charge in [-0.2, -0.15) is 0 Å². The van der Waals surface area contributed by atoms with Gasteiger partial charge in [0.05, 0.1) is 5.69 Å². The molecular weight excluding hydrogens is 172 g/mol. The van der Waals surface area contributed by atoms with E-state index in [0.29, 0.717) is 10.9 Å². The Kier molecular flexibility index (Phi) is 3.06. The van der Waals surface area contributed by atoms with Gasteiger partial charge in [0, 0.05) is 17.3 Å². The van der Waals surface area contributed by atoms with Crippen LogP contribution in [-0.4, -0.2) is 4.98 Å². The number of pyridine rings is 1. The van der Waals surface area contributed by atoms with Gasteiger partial charge in [0.2, 0.25) is 0 Å². The lowest BCUT2D eigenvalue weighted by Gasteiger charge is -2.14. The highest BCUT2D eigenvalue weighted by Gasteiger charge is 2.11. The summed E-state index contributed by atoms with van der Waals surface area (Å²) in [7, 11) is 0. The van der Waals surface area contributed by atoms with Crippen molar-refractivity contribution in [3.63, 3.8) is 0 Å². The minimum absolute atomic E-state index is 0.0244. The molecule has 3 heteroatoms. The molecule has 0 aliphatic carbocycles. The van der Waals surface area contributed by atoms with E-state index in [-0.39, 0.29) is 6.04 Å². The third kappa shape index (κ3) is 2.19. The van der Waals surface area contributed by atoms with Gasteiger partial charge in [-0.3, -0.25) is 4.98 Å². The van der Waals surface area contributed by atoms with Crippen LogP contribution in [0, 0.1) is 5.92 Å². The summed E-state index contributed by atoms with van der Waals surface area (Å²) in [6.07, 6.45) is 1.68. The van der Waals surface area contributed by atoms with Gasteiger partial charge in [-0.15, -0.1) is 0 Å². The van der Waals surface area contributed by atoms with Crippen LogP contribution < -0.4 is 5.73 Å². The van der Waals surface area contributed by atoms with Crippen molar-refractivity contribution in [1.29, 1.82) is 0 Å². The smallest absolute Gasteiger partial charge is 0.0588 e. The Balaban J connectivity index is 2.88. The number of rotatable bonds is 2. The van der Waals surface area contributed by atoms with Crippen molar-refractivity contribution in [2.24, 2.45) is 11.7 Å². The van der Waals surface area contributed by atoms with E-state index < -0.39 is 0 Å². The second-order valence-corrected chi connectivity index (χ2v) is 3.61. The lowest BCUT2D eigenvalue weighted by Crippen LogP contribution is -2.17. The number of nitrogens with zero attached hydrogens (tertiary/aromatic N) is 1. The normalized spacial score (nSPS) is 13.4. The van der Waals surface area contributed by atoms with Crippen LogP contribution in [0.2, 0.25) is 5.02 Å². The Hall–Kier alpha value is -0.600. The first-order valence-electron chi connectivity index (χ1n) is 3.98.